The van der Waals surface area contributed by atoms with Gasteiger partial charge in [-0.1, -0.05) is 31.2 Å². The lowest BCUT2D eigenvalue weighted by molar-refractivity contribution is 0.189. The molecule has 1 atom stereocenters. The Morgan fingerprint density at radius 1 is 1.06 bits per heavy atom. The number of hydrogen-bond donors (Lipinski definition) is 1. The third-order valence-corrected chi connectivity index (χ3v) is 6.19. The molecule has 2 amide bonds. The fourth-order valence-electron chi connectivity index (χ4n) is 4.16. The summed E-state index contributed by atoms with van der Waals surface area (Å²) in [5, 5.41) is 3.29. The number of para-hydroxylation sites is 1. The first-order valence-electron chi connectivity index (χ1n) is 11.7. The molecule has 4 aromatic rings. The lowest BCUT2D eigenvalue weighted by Crippen LogP contribution is -2.40. The molecule has 6 nitrogen and oxygen atoms in total. The van der Waals surface area contributed by atoms with E-state index in [9.17, 15) is 14.0 Å². The van der Waals surface area contributed by atoms with E-state index in [4.69, 9.17) is 4.98 Å². The van der Waals surface area contributed by atoms with E-state index in [0.29, 0.717) is 41.1 Å². The highest BCUT2D eigenvalue weighted by Gasteiger charge is 2.26. The number of fused-ring (bicyclic) bond motifs is 1. The molecular weight excluding hydrogens is 443 g/mol. The van der Waals surface area contributed by atoms with Crippen molar-refractivity contribution in [1.82, 2.24) is 14.5 Å². The second-order valence-electron chi connectivity index (χ2n) is 8.71. The van der Waals surface area contributed by atoms with Gasteiger partial charge in [-0.05, 0) is 80.8 Å². The minimum absolute atomic E-state index is 0.192. The van der Waals surface area contributed by atoms with Crippen LogP contribution in [0, 0.1) is 19.7 Å². The van der Waals surface area contributed by atoms with Crippen LogP contribution in [0.2, 0.25) is 0 Å². The fourth-order valence-corrected chi connectivity index (χ4v) is 4.16. The minimum atomic E-state index is -0.539. The van der Waals surface area contributed by atoms with Crippen LogP contribution in [-0.2, 0) is 0 Å². The largest absolute Gasteiger partial charge is 0.322 e. The summed E-state index contributed by atoms with van der Waals surface area (Å²) in [6, 6.07) is 17.9. The maximum Gasteiger partial charge on any atom is 0.322 e. The van der Waals surface area contributed by atoms with Gasteiger partial charge in [-0.25, -0.2) is 14.2 Å². The predicted octanol–water partition coefficient (Wildman–Crippen LogP) is 6.15. The van der Waals surface area contributed by atoms with Crippen molar-refractivity contribution in [3.8, 4) is 5.69 Å². The molecule has 0 saturated heterocycles. The van der Waals surface area contributed by atoms with Crippen molar-refractivity contribution in [2.75, 3.05) is 11.9 Å². The van der Waals surface area contributed by atoms with Gasteiger partial charge in [0.05, 0.1) is 22.6 Å². The molecule has 0 radical (unpaired) electrons. The summed E-state index contributed by atoms with van der Waals surface area (Å²) < 4.78 is 15.3. The Kier molecular flexibility index (Phi) is 6.96. The Morgan fingerprint density at radius 2 is 1.83 bits per heavy atom. The second-order valence-corrected chi connectivity index (χ2v) is 8.71. The zero-order chi connectivity index (χ0) is 25.1. The average molecular weight is 473 g/mol. The molecule has 1 heterocycles. The highest BCUT2D eigenvalue weighted by molar-refractivity contribution is 5.89. The highest BCUT2D eigenvalue weighted by Crippen LogP contribution is 2.25. The van der Waals surface area contributed by atoms with Gasteiger partial charge < -0.3 is 10.2 Å². The summed E-state index contributed by atoms with van der Waals surface area (Å²) in [6.07, 6.45) is 0.697. The Morgan fingerprint density at radius 3 is 2.54 bits per heavy atom. The van der Waals surface area contributed by atoms with E-state index in [2.05, 4.69) is 5.32 Å². The Bertz CT molecular complexity index is 1450. The van der Waals surface area contributed by atoms with Crippen molar-refractivity contribution in [1.29, 1.82) is 0 Å². The van der Waals surface area contributed by atoms with Crippen molar-refractivity contribution >= 4 is 22.6 Å². The zero-order valence-electron chi connectivity index (χ0n) is 20.4. The Balaban J connectivity index is 1.84. The molecule has 0 aliphatic heterocycles. The van der Waals surface area contributed by atoms with Crippen LogP contribution in [0.25, 0.3) is 16.6 Å². The molecule has 0 aliphatic carbocycles. The van der Waals surface area contributed by atoms with E-state index in [1.54, 1.807) is 33.7 Å². The molecule has 35 heavy (non-hydrogen) atoms. The molecule has 180 valence electrons. The van der Waals surface area contributed by atoms with Gasteiger partial charge in [0.15, 0.2) is 0 Å². The van der Waals surface area contributed by atoms with Crippen molar-refractivity contribution in [3.63, 3.8) is 0 Å². The molecular formula is C28H29FN4O2. The van der Waals surface area contributed by atoms with Crippen molar-refractivity contribution in [2.45, 2.75) is 40.2 Å². The number of nitrogens with one attached hydrogen (secondary N) is 1. The predicted molar refractivity (Wildman–Crippen MR) is 138 cm³/mol. The summed E-state index contributed by atoms with van der Waals surface area (Å²) in [5.41, 5.74) is 3.60. The van der Waals surface area contributed by atoms with Gasteiger partial charge >= 0.3 is 6.03 Å². The molecule has 1 N–H and O–H groups in total. The zero-order valence-corrected chi connectivity index (χ0v) is 20.4. The number of carbonyl (C=O) groups excluding carboxylic acids is 1. The van der Waals surface area contributed by atoms with Crippen LogP contribution in [0.5, 0.6) is 0 Å². The number of rotatable bonds is 6. The first kappa shape index (κ1) is 24.1. The van der Waals surface area contributed by atoms with Crippen LogP contribution in [0.1, 0.15) is 43.3 Å². The van der Waals surface area contributed by atoms with E-state index in [1.165, 1.54) is 12.1 Å². The van der Waals surface area contributed by atoms with E-state index < -0.39 is 11.9 Å². The number of amides is 2. The number of carbonyl (C=O) groups is 1. The van der Waals surface area contributed by atoms with Crippen LogP contribution in [0.3, 0.4) is 0 Å². The standard InChI is InChI=1S/C28H29FN4O2/c1-5-15-32(28(35)30-22-10-8-9-21(29)17-22)20(4)26-31-25-12-7-6-11-24(25)27(34)33(26)23-14-13-18(2)19(3)16-23/h6-14,16-17,20H,5,15H2,1-4H3,(H,30,35). The number of benzene rings is 3. The number of anilines is 1. The normalized spacial score (nSPS) is 11.9. The number of hydrogen-bond acceptors (Lipinski definition) is 3. The van der Waals surface area contributed by atoms with E-state index in [1.807, 2.05) is 58.0 Å². The van der Waals surface area contributed by atoms with Gasteiger partial charge in [0.2, 0.25) is 0 Å². The number of halogens is 1. The molecule has 0 bridgehead atoms. The van der Waals surface area contributed by atoms with E-state index >= 15 is 0 Å². The molecule has 4 rings (SSSR count). The number of nitrogens with zero attached hydrogens (tertiary/aromatic N) is 3. The summed E-state index contributed by atoms with van der Waals surface area (Å²) in [6.45, 7) is 8.27. The van der Waals surface area contributed by atoms with E-state index in [-0.39, 0.29) is 11.6 Å². The lowest BCUT2D eigenvalue weighted by Gasteiger charge is -2.30. The van der Waals surface area contributed by atoms with Crippen LogP contribution >= 0.6 is 0 Å². The summed E-state index contributed by atoms with van der Waals surface area (Å²) in [7, 11) is 0. The Labute approximate surface area is 204 Å². The summed E-state index contributed by atoms with van der Waals surface area (Å²) in [4.78, 5) is 33.5. The maximum atomic E-state index is 13.7. The smallest absolute Gasteiger partial charge is 0.315 e. The first-order chi connectivity index (χ1) is 16.8. The van der Waals surface area contributed by atoms with Gasteiger partial charge in [-0.3, -0.25) is 9.36 Å². The fraction of sp³-hybridized carbons (Fsp3) is 0.250. The van der Waals surface area contributed by atoms with Gasteiger partial charge in [0.25, 0.3) is 5.56 Å². The van der Waals surface area contributed by atoms with Gasteiger partial charge in [0, 0.05) is 12.2 Å². The highest BCUT2D eigenvalue weighted by atomic mass is 19.1. The molecule has 1 unspecified atom stereocenters. The van der Waals surface area contributed by atoms with Crippen molar-refractivity contribution in [2.24, 2.45) is 0 Å². The quantitative estimate of drug-likeness (QED) is 0.366. The average Bonchev–Trinajstić information content (AvgIpc) is 2.84. The number of aromatic nitrogens is 2. The molecule has 0 saturated carbocycles. The molecule has 0 spiro atoms. The lowest BCUT2D eigenvalue weighted by atomic mass is 10.1. The van der Waals surface area contributed by atoms with Gasteiger partial charge in [-0.2, -0.15) is 0 Å². The SMILES string of the molecule is CCCN(C(=O)Nc1cccc(F)c1)C(C)c1nc2ccccc2c(=O)n1-c1ccc(C)c(C)c1. The molecule has 7 heteroatoms. The van der Waals surface area contributed by atoms with Crippen molar-refractivity contribution < 1.29 is 9.18 Å². The molecule has 0 aliphatic rings. The molecule has 1 aromatic heterocycles. The van der Waals surface area contributed by atoms with Crippen LogP contribution in [0.15, 0.2) is 71.5 Å². The van der Waals surface area contributed by atoms with E-state index in [0.717, 1.165) is 11.1 Å². The summed E-state index contributed by atoms with van der Waals surface area (Å²) in [5.74, 6) is 0.0254. The second kappa shape index (κ2) is 10.1. The summed E-state index contributed by atoms with van der Waals surface area (Å²) >= 11 is 0. The molecule has 3 aromatic carbocycles. The topological polar surface area (TPSA) is 67.2 Å². The number of urea groups is 1. The van der Waals surface area contributed by atoms with Crippen molar-refractivity contribution in [3.05, 3.63) is 99.9 Å². The third kappa shape index (κ3) is 4.94. The first-order valence-corrected chi connectivity index (χ1v) is 11.7. The monoisotopic (exact) mass is 472 g/mol. The maximum absolute atomic E-state index is 13.7. The van der Waals surface area contributed by atoms with Crippen LogP contribution in [0.4, 0.5) is 14.9 Å². The Hall–Kier alpha value is -4.00. The third-order valence-electron chi connectivity index (χ3n) is 6.19. The van der Waals surface area contributed by atoms with Crippen LogP contribution < -0.4 is 10.9 Å². The number of aryl methyl sites for hydroxylation is 2. The van der Waals surface area contributed by atoms with Crippen LogP contribution in [-0.4, -0.2) is 27.0 Å². The van der Waals surface area contributed by atoms with Gasteiger partial charge in [-0.15, -0.1) is 0 Å². The minimum Gasteiger partial charge on any atom is -0.315 e. The molecule has 0 fully saturated rings. The van der Waals surface area contributed by atoms with Gasteiger partial charge in [0.1, 0.15) is 11.6 Å².